The van der Waals surface area contributed by atoms with E-state index < -0.39 is 5.79 Å². The molecule has 0 aromatic heterocycles. The number of hydrogen-bond acceptors (Lipinski definition) is 2. The van der Waals surface area contributed by atoms with Gasteiger partial charge in [0.15, 0.2) is 5.79 Å². The second-order valence-electron chi connectivity index (χ2n) is 4.41. The molecule has 1 aromatic rings. The summed E-state index contributed by atoms with van der Waals surface area (Å²) in [5, 5.41) is 0. The van der Waals surface area contributed by atoms with Crippen molar-refractivity contribution in [3.8, 4) is 0 Å². The van der Waals surface area contributed by atoms with Gasteiger partial charge < -0.3 is 9.47 Å². The largest absolute Gasteiger partial charge is 0.343 e. The van der Waals surface area contributed by atoms with Gasteiger partial charge in [0.2, 0.25) is 0 Å². The van der Waals surface area contributed by atoms with Crippen molar-refractivity contribution in [2.45, 2.75) is 26.1 Å². The molecule has 0 radical (unpaired) electrons. The second-order valence-corrected chi connectivity index (χ2v) is 4.41. The fraction of sp³-hybridized carbons (Fsp3) is 0.538. The van der Waals surface area contributed by atoms with Gasteiger partial charge >= 0.3 is 0 Å². The normalized spacial score (nSPS) is 19.7. The Bertz CT molecular complexity index is 300. The van der Waals surface area contributed by atoms with E-state index in [0.29, 0.717) is 19.1 Å². The highest BCUT2D eigenvalue weighted by atomic mass is 16.7. The van der Waals surface area contributed by atoms with Crippen molar-refractivity contribution in [1.82, 2.24) is 0 Å². The van der Waals surface area contributed by atoms with Gasteiger partial charge in [0, 0.05) is 12.0 Å². The minimum Gasteiger partial charge on any atom is -0.343 e. The Morgan fingerprint density at radius 3 is 2.27 bits per heavy atom. The lowest BCUT2D eigenvalue weighted by Crippen LogP contribution is -2.28. The summed E-state index contributed by atoms with van der Waals surface area (Å²) in [6, 6.07) is 10.2. The number of hydrogen-bond donors (Lipinski definition) is 0. The Balaban J connectivity index is 2.26. The summed E-state index contributed by atoms with van der Waals surface area (Å²) in [6.45, 7) is 5.77. The van der Waals surface area contributed by atoms with Gasteiger partial charge in [-0.1, -0.05) is 44.2 Å². The van der Waals surface area contributed by atoms with E-state index in [0.717, 1.165) is 12.0 Å². The molecule has 2 heteroatoms. The molecular formula is C13H18O2. The Labute approximate surface area is 91.2 Å². The zero-order valence-corrected chi connectivity index (χ0v) is 9.40. The van der Waals surface area contributed by atoms with Crippen LogP contribution < -0.4 is 0 Å². The highest BCUT2D eigenvalue weighted by molar-refractivity contribution is 5.21. The highest BCUT2D eigenvalue weighted by Crippen LogP contribution is 2.37. The van der Waals surface area contributed by atoms with Crippen LogP contribution in [-0.4, -0.2) is 13.2 Å². The van der Waals surface area contributed by atoms with E-state index in [1.165, 1.54) is 0 Å². The molecule has 82 valence electrons. The lowest BCUT2D eigenvalue weighted by atomic mass is 9.96. The van der Waals surface area contributed by atoms with Gasteiger partial charge in [0.25, 0.3) is 0 Å². The first-order chi connectivity index (χ1) is 7.23. The van der Waals surface area contributed by atoms with Gasteiger partial charge in [-0.2, -0.15) is 0 Å². The summed E-state index contributed by atoms with van der Waals surface area (Å²) >= 11 is 0. The first-order valence-corrected chi connectivity index (χ1v) is 5.56. The molecule has 0 atom stereocenters. The summed E-state index contributed by atoms with van der Waals surface area (Å²) in [5.41, 5.74) is 1.14. The molecule has 2 nitrogen and oxygen atoms in total. The maximum Gasteiger partial charge on any atom is 0.195 e. The van der Waals surface area contributed by atoms with Gasteiger partial charge in [0.05, 0.1) is 13.2 Å². The lowest BCUT2D eigenvalue weighted by molar-refractivity contribution is -0.177. The van der Waals surface area contributed by atoms with Crippen molar-refractivity contribution >= 4 is 0 Å². The topological polar surface area (TPSA) is 18.5 Å². The second kappa shape index (κ2) is 4.33. The van der Waals surface area contributed by atoms with Crippen LogP contribution in [0.3, 0.4) is 0 Å². The van der Waals surface area contributed by atoms with E-state index in [9.17, 15) is 0 Å². The van der Waals surface area contributed by atoms with Crippen LogP contribution in [0, 0.1) is 5.92 Å². The third-order valence-electron chi connectivity index (χ3n) is 2.64. The average Bonchev–Trinajstić information content (AvgIpc) is 2.68. The Kier molecular flexibility index (Phi) is 3.08. The van der Waals surface area contributed by atoms with Crippen LogP contribution in [0.25, 0.3) is 0 Å². The predicted octanol–water partition coefficient (Wildman–Crippen LogP) is 2.93. The summed E-state index contributed by atoms with van der Waals surface area (Å²) in [4.78, 5) is 0. The highest BCUT2D eigenvalue weighted by Gasteiger charge is 2.38. The fourth-order valence-corrected chi connectivity index (χ4v) is 2.09. The van der Waals surface area contributed by atoms with Crippen LogP contribution in [0.15, 0.2) is 30.3 Å². The Morgan fingerprint density at radius 2 is 1.73 bits per heavy atom. The molecule has 2 rings (SSSR count). The summed E-state index contributed by atoms with van der Waals surface area (Å²) in [7, 11) is 0. The third kappa shape index (κ3) is 2.21. The van der Waals surface area contributed by atoms with Gasteiger partial charge in [-0.25, -0.2) is 0 Å². The Morgan fingerprint density at radius 1 is 1.13 bits per heavy atom. The number of benzene rings is 1. The van der Waals surface area contributed by atoms with Crippen molar-refractivity contribution in [3.63, 3.8) is 0 Å². The van der Waals surface area contributed by atoms with Crippen molar-refractivity contribution in [2.75, 3.05) is 13.2 Å². The molecular weight excluding hydrogens is 188 g/mol. The molecule has 1 aliphatic rings. The molecule has 1 aliphatic heterocycles. The minimum atomic E-state index is -0.491. The molecule has 15 heavy (non-hydrogen) atoms. The Hall–Kier alpha value is -0.860. The molecule has 0 bridgehead atoms. The molecule has 0 amide bonds. The third-order valence-corrected chi connectivity index (χ3v) is 2.64. The standard InChI is InChI=1S/C13H18O2/c1-11(2)10-13(14-8-9-15-13)12-6-4-3-5-7-12/h3-7,11H,8-10H2,1-2H3. The van der Waals surface area contributed by atoms with Gasteiger partial charge in [-0.05, 0) is 5.92 Å². The van der Waals surface area contributed by atoms with E-state index in [2.05, 4.69) is 26.0 Å². The van der Waals surface area contributed by atoms with Gasteiger partial charge in [0.1, 0.15) is 0 Å². The zero-order chi connectivity index (χ0) is 10.7. The first-order valence-electron chi connectivity index (χ1n) is 5.56. The van der Waals surface area contributed by atoms with Crippen molar-refractivity contribution in [3.05, 3.63) is 35.9 Å². The van der Waals surface area contributed by atoms with E-state index in [4.69, 9.17) is 9.47 Å². The van der Waals surface area contributed by atoms with Crippen molar-refractivity contribution < 1.29 is 9.47 Å². The molecule has 0 unspecified atom stereocenters. The zero-order valence-electron chi connectivity index (χ0n) is 9.40. The molecule has 0 aliphatic carbocycles. The van der Waals surface area contributed by atoms with Crippen LogP contribution in [-0.2, 0) is 15.3 Å². The molecule has 1 fully saturated rings. The lowest BCUT2D eigenvalue weighted by Gasteiger charge is -2.29. The van der Waals surface area contributed by atoms with Crippen LogP contribution in [0.2, 0.25) is 0 Å². The van der Waals surface area contributed by atoms with E-state index >= 15 is 0 Å². The van der Waals surface area contributed by atoms with Crippen LogP contribution in [0.5, 0.6) is 0 Å². The van der Waals surface area contributed by atoms with Gasteiger partial charge in [-0.3, -0.25) is 0 Å². The van der Waals surface area contributed by atoms with E-state index in [1.54, 1.807) is 0 Å². The molecule has 1 heterocycles. The number of ether oxygens (including phenoxy) is 2. The minimum absolute atomic E-state index is 0.491. The summed E-state index contributed by atoms with van der Waals surface area (Å²) < 4.78 is 11.6. The SMILES string of the molecule is CC(C)CC1(c2ccccc2)OCCO1. The van der Waals surface area contributed by atoms with E-state index in [1.807, 2.05) is 18.2 Å². The van der Waals surface area contributed by atoms with Crippen LogP contribution in [0.4, 0.5) is 0 Å². The maximum absolute atomic E-state index is 5.82. The van der Waals surface area contributed by atoms with Crippen LogP contribution in [0.1, 0.15) is 25.8 Å². The maximum atomic E-state index is 5.82. The van der Waals surface area contributed by atoms with Crippen molar-refractivity contribution in [2.24, 2.45) is 5.92 Å². The molecule has 0 spiro atoms. The quantitative estimate of drug-likeness (QED) is 0.757. The summed E-state index contributed by atoms with van der Waals surface area (Å²) in [5.74, 6) is 0.0680. The molecule has 0 saturated carbocycles. The monoisotopic (exact) mass is 206 g/mol. The van der Waals surface area contributed by atoms with E-state index in [-0.39, 0.29) is 0 Å². The van der Waals surface area contributed by atoms with Crippen LogP contribution >= 0.6 is 0 Å². The predicted molar refractivity (Wildman–Crippen MR) is 59.5 cm³/mol. The smallest absolute Gasteiger partial charge is 0.195 e. The molecule has 0 N–H and O–H groups in total. The average molecular weight is 206 g/mol. The first kappa shape index (κ1) is 10.7. The molecule has 1 aromatic carbocycles. The molecule has 1 saturated heterocycles. The van der Waals surface area contributed by atoms with Crippen molar-refractivity contribution in [1.29, 1.82) is 0 Å². The number of rotatable bonds is 3. The van der Waals surface area contributed by atoms with Gasteiger partial charge in [-0.15, -0.1) is 0 Å². The fourth-order valence-electron chi connectivity index (χ4n) is 2.09. The summed E-state index contributed by atoms with van der Waals surface area (Å²) in [6.07, 6.45) is 0.914.